The Kier molecular flexibility index (Phi) is 16.3. The summed E-state index contributed by atoms with van der Waals surface area (Å²) in [7, 11) is 0. The van der Waals surface area contributed by atoms with Gasteiger partial charge in [-0.25, -0.2) is 0 Å². The van der Waals surface area contributed by atoms with Crippen molar-refractivity contribution in [2.45, 2.75) is 71.3 Å². The minimum Gasteiger partial charge on any atom is -0.376 e. The molecule has 1 heterocycles. The summed E-state index contributed by atoms with van der Waals surface area (Å²) >= 11 is 0. The second-order valence-electron chi connectivity index (χ2n) is 8.15. The third-order valence-corrected chi connectivity index (χ3v) is 5.96. The molecule has 29 heavy (non-hydrogen) atoms. The number of unbranched alkanes of at least 4 members (excludes halogenated alkanes) is 1. The summed E-state index contributed by atoms with van der Waals surface area (Å²) in [6.45, 7) is 15.1. The lowest BCUT2D eigenvalue weighted by molar-refractivity contribution is 0.0468. The molecule has 0 amide bonds. The summed E-state index contributed by atoms with van der Waals surface area (Å²) in [5.41, 5.74) is 0. The number of halogens is 1. The van der Waals surface area contributed by atoms with Gasteiger partial charge in [-0.15, -0.1) is 24.0 Å². The number of nitrogens with zero attached hydrogens (tertiary/aromatic N) is 3. The smallest absolute Gasteiger partial charge is 0.191 e. The minimum atomic E-state index is 0. The van der Waals surface area contributed by atoms with Crippen molar-refractivity contribution in [1.29, 1.82) is 0 Å². The van der Waals surface area contributed by atoms with Crippen LogP contribution in [0.25, 0.3) is 0 Å². The van der Waals surface area contributed by atoms with E-state index in [9.17, 15) is 0 Å². The van der Waals surface area contributed by atoms with E-state index in [-0.39, 0.29) is 24.0 Å². The van der Waals surface area contributed by atoms with Gasteiger partial charge in [0, 0.05) is 45.8 Å². The Balaban J connectivity index is 0.00000420. The fraction of sp³-hybridized carbons (Fsp3) is 0.955. The van der Waals surface area contributed by atoms with Gasteiger partial charge in [0.15, 0.2) is 5.96 Å². The molecule has 0 aromatic rings. The molecule has 2 rings (SSSR count). The number of likely N-dealkylation sites (N-methyl/N-ethyl adjacent to an activating group) is 1. The summed E-state index contributed by atoms with van der Waals surface area (Å²) < 4.78 is 6.06. The number of piperazine rings is 1. The molecule has 6 nitrogen and oxygen atoms in total. The first-order chi connectivity index (χ1) is 13.8. The molecule has 0 aromatic heterocycles. The molecule has 1 saturated carbocycles. The molecule has 1 saturated heterocycles. The first-order valence-electron chi connectivity index (χ1n) is 11.9. The molecule has 0 radical (unpaired) electrons. The van der Waals surface area contributed by atoms with E-state index in [1.807, 2.05) is 0 Å². The second kappa shape index (κ2) is 17.5. The monoisotopic (exact) mass is 523 g/mol. The maximum absolute atomic E-state index is 6.06. The average Bonchev–Trinajstić information content (AvgIpc) is 3.00. The van der Waals surface area contributed by atoms with Gasteiger partial charge in [-0.2, -0.15) is 0 Å². The van der Waals surface area contributed by atoms with Crippen LogP contribution in [-0.4, -0.2) is 87.4 Å². The number of aliphatic imine (C=N–C) groups is 1. The molecule has 7 heteroatoms. The molecule has 1 aliphatic heterocycles. The summed E-state index contributed by atoms with van der Waals surface area (Å²) in [4.78, 5) is 9.87. The fourth-order valence-corrected chi connectivity index (χ4v) is 4.11. The van der Waals surface area contributed by atoms with Gasteiger partial charge in [0.1, 0.15) is 0 Å². The lowest BCUT2D eigenvalue weighted by Gasteiger charge is -2.33. The van der Waals surface area contributed by atoms with E-state index in [1.165, 1.54) is 84.2 Å². The first-order valence-corrected chi connectivity index (χ1v) is 11.9. The molecular weight excluding hydrogens is 477 g/mol. The van der Waals surface area contributed by atoms with Crippen molar-refractivity contribution in [3.8, 4) is 0 Å². The topological polar surface area (TPSA) is 52.1 Å². The van der Waals surface area contributed by atoms with E-state index in [0.29, 0.717) is 6.10 Å². The fourth-order valence-electron chi connectivity index (χ4n) is 4.11. The summed E-state index contributed by atoms with van der Waals surface area (Å²) in [5, 5.41) is 6.78. The molecule has 0 aromatic carbocycles. The van der Waals surface area contributed by atoms with Crippen LogP contribution in [0, 0.1) is 0 Å². The van der Waals surface area contributed by atoms with E-state index in [0.717, 1.165) is 38.6 Å². The van der Waals surface area contributed by atoms with E-state index in [2.05, 4.69) is 34.3 Å². The van der Waals surface area contributed by atoms with E-state index >= 15 is 0 Å². The molecule has 0 atom stereocenters. The predicted octanol–water partition coefficient (Wildman–Crippen LogP) is 3.32. The SMILES string of the molecule is CCNC(=NCCCCN1CCN(CC)CC1)NCCOC1CCCCCC1.I. The number of ether oxygens (including phenoxy) is 1. The highest BCUT2D eigenvalue weighted by Gasteiger charge is 2.14. The van der Waals surface area contributed by atoms with Crippen LogP contribution < -0.4 is 10.6 Å². The highest BCUT2D eigenvalue weighted by molar-refractivity contribution is 14.0. The standard InChI is InChI=1S/C22H45N5O.HI/c1-3-23-22(25-14-20-28-21-11-7-5-6-8-12-21)24-13-9-10-15-27-18-16-26(4-2)17-19-27;/h21H,3-20H2,1-2H3,(H2,23,24,25);1H. The molecule has 0 bridgehead atoms. The Morgan fingerprint density at radius 3 is 2.28 bits per heavy atom. The van der Waals surface area contributed by atoms with E-state index in [1.54, 1.807) is 0 Å². The van der Waals surface area contributed by atoms with Crippen LogP contribution in [0.1, 0.15) is 65.2 Å². The van der Waals surface area contributed by atoms with Crippen LogP contribution in [0.3, 0.4) is 0 Å². The van der Waals surface area contributed by atoms with Crippen molar-refractivity contribution < 1.29 is 4.74 Å². The van der Waals surface area contributed by atoms with Gasteiger partial charge >= 0.3 is 0 Å². The molecule has 1 aliphatic carbocycles. The average molecular weight is 524 g/mol. The third-order valence-electron chi connectivity index (χ3n) is 5.96. The lowest BCUT2D eigenvalue weighted by Crippen LogP contribution is -2.46. The van der Waals surface area contributed by atoms with Crippen LogP contribution in [0.2, 0.25) is 0 Å². The van der Waals surface area contributed by atoms with Crippen molar-refractivity contribution in [2.75, 3.05) is 65.5 Å². The number of hydrogen-bond donors (Lipinski definition) is 2. The van der Waals surface area contributed by atoms with Crippen LogP contribution in [0.15, 0.2) is 4.99 Å². The number of hydrogen-bond acceptors (Lipinski definition) is 4. The van der Waals surface area contributed by atoms with Crippen molar-refractivity contribution in [3.63, 3.8) is 0 Å². The molecule has 2 fully saturated rings. The Morgan fingerprint density at radius 2 is 1.62 bits per heavy atom. The van der Waals surface area contributed by atoms with Gasteiger partial charge in [0.2, 0.25) is 0 Å². The van der Waals surface area contributed by atoms with Gasteiger partial charge in [-0.3, -0.25) is 4.99 Å². The Bertz CT molecular complexity index is 408. The van der Waals surface area contributed by atoms with Crippen LogP contribution in [0.5, 0.6) is 0 Å². The van der Waals surface area contributed by atoms with Crippen LogP contribution in [0.4, 0.5) is 0 Å². The van der Waals surface area contributed by atoms with Crippen LogP contribution >= 0.6 is 24.0 Å². The largest absolute Gasteiger partial charge is 0.376 e. The van der Waals surface area contributed by atoms with Gasteiger partial charge in [-0.05, 0) is 45.7 Å². The Hall–Kier alpha value is -0.120. The Labute approximate surface area is 196 Å². The zero-order valence-electron chi connectivity index (χ0n) is 19.0. The Morgan fingerprint density at radius 1 is 0.931 bits per heavy atom. The third kappa shape index (κ3) is 12.4. The van der Waals surface area contributed by atoms with Crippen molar-refractivity contribution in [3.05, 3.63) is 0 Å². The highest BCUT2D eigenvalue weighted by atomic mass is 127. The highest BCUT2D eigenvalue weighted by Crippen LogP contribution is 2.19. The molecule has 0 unspecified atom stereocenters. The van der Waals surface area contributed by atoms with Crippen molar-refractivity contribution in [1.82, 2.24) is 20.4 Å². The molecular formula is C22H46IN5O. The normalized spacial score (nSPS) is 20.1. The summed E-state index contributed by atoms with van der Waals surface area (Å²) in [5.74, 6) is 0.934. The summed E-state index contributed by atoms with van der Waals surface area (Å²) in [6, 6.07) is 0. The van der Waals surface area contributed by atoms with Crippen molar-refractivity contribution in [2.24, 2.45) is 4.99 Å². The lowest BCUT2D eigenvalue weighted by atomic mass is 10.1. The second-order valence-corrected chi connectivity index (χ2v) is 8.15. The number of nitrogens with one attached hydrogen (secondary N) is 2. The molecule has 0 spiro atoms. The van der Waals surface area contributed by atoms with E-state index < -0.39 is 0 Å². The molecule has 172 valence electrons. The van der Waals surface area contributed by atoms with Gasteiger partial charge in [-0.1, -0.05) is 32.6 Å². The predicted molar refractivity (Wildman–Crippen MR) is 135 cm³/mol. The van der Waals surface area contributed by atoms with E-state index in [4.69, 9.17) is 9.73 Å². The van der Waals surface area contributed by atoms with Crippen LogP contribution in [-0.2, 0) is 4.74 Å². The van der Waals surface area contributed by atoms with Gasteiger partial charge in [0.05, 0.1) is 12.7 Å². The van der Waals surface area contributed by atoms with Crippen molar-refractivity contribution >= 4 is 29.9 Å². The maximum Gasteiger partial charge on any atom is 0.191 e. The number of guanidine groups is 1. The molecule has 2 N–H and O–H groups in total. The van der Waals surface area contributed by atoms with Gasteiger partial charge < -0.3 is 25.2 Å². The molecule has 2 aliphatic rings. The quantitative estimate of drug-likeness (QED) is 0.143. The number of rotatable bonds is 11. The first kappa shape index (κ1) is 26.9. The zero-order chi connectivity index (χ0) is 19.9. The minimum absolute atomic E-state index is 0. The summed E-state index contributed by atoms with van der Waals surface area (Å²) in [6.07, 6.45) is 10.8. The van der Waals surface area contributed by atoms with Gasteiger partial charge in [0.25, 0.3) is 0 Å². The zero-order valence-corrected chi connectivity index (χ0v) is 21.3. The maximum atomic E-state index is 6.06.